The molecule has 5 amide bonds. The van der Waals surface area contributed by atoms with E-state index in [1.807, 2.05) is 0 Å². The topological polar surface area (TPSA) is 182 Å². The molecule has 13 nitrogen and oxygen atoms in total. The maximum atomic E-state index is 13.3. The van der Waals surface area contributed by atoms with Crippen LogP contribution in [-0.2, 0) is 33.6 Å². The number of rotatable bonds is 8. The van der Waals surface area contributed by atoms with Crippen LogP contribution in [0.5, 0.6) is 0 Å². The molecule has 0 aliphatic carbocycles. The van der Waals surface area contributed by atoms with E-state index >= 15 is 0 Å². The Bertz CT molecular complexity index is 1320. The van der Waals surface area contributed by atoms with E-state index in [1.165, 1.54) is 43.3 Å². The van der Waals surface area contributed by atoms with Crippen LogP contribution in [0.15, 0.2) is 48.5 Å². The number of fused-ring (bicyclic) bond motifs is 1. The van der Waals surface area contributed by atoms with E-state index in [1.54, 1.807) is 12.1 Å². The highest BCUT2D eigenvalue weighted by Crippen LogP contribution is 2.34. The molecular weight excluding hydrogens is 534 g/mol. The Kier molecular flexibility index (Phi) is 9.33. The van der Waals surface area contributed by atoms with Gasteiger partial charge in [0.05, 0.1) is 30.3 Å². The Labute approximate surface area is 227 Å². The molecule has 1 aliphatic heterocycles. The molecule has 2 aromatic rings. The molecule has 2 aromatic carbocycles. The molecule has 0 unspecified atom stereocenters. The van der Waals surface area contributed by atoms with E-state index in [2.05, 4.69) is 16.0 Å². The summed E-state index contributed by atoms with van der Waals surface area (Å²) in [6.07, 6.45) is -2.18. The Balaban J connectivity index is 1.84. The number of hydrogen-bond donors (Lipinski definition) is 4. The molecule has 1 aliphatic rings. The number of benzene rings is 2. The third-order valence-corrected chi connectivity index (χ3v) is 5.82. The first-order chi connectivity index (χ1) is 18.5. The highest BCUT2D eigenvalue weighted by Gasteiger charge is 2.37. The molecule has 3 rings (SSSR count). The normalized spacial score (nSPS) is 15.3. The number of halogens is 1. The lowest BCUT2D eigenvalue weighted by atomic mass is 10.2. The number of carboxylic acid groups (broad SMARTS) is 1. The number of carbonyl (C=O) groups is 7. The molecule has 4 N–H and O–H groups in total. The van der Waals surface area contributed by atoms with Gasteiger partial charge in [0.1, 0.15) is 19.0 Å². The van der Waals surface area contributed by atoms with Crippen molar-refractivity contribution in [3.63, 3.8) is 0 Å². The molecule has 1 heterocycles. The smallest absolute Gasteiger partial charge is 0.313 e. The van der Waals surface area contributed by atoms with Crippen LogP contribution in [0.2, 0.25) is 5.02 Å². The van der Waals surface area contributed by atoms with Crippen LogP contribution in [0.4, 0.5) is 17.1 Å². The number of nitrogens with zero attached hydrogens (tertiary/aromatic N) is 2. The number of para-hydroxylation sites is 2. The van der Waals surface area contributed by atoms with Gasteiger partial charge in [-0.3, -0.25) is 33.7 Å². The molecule has 204 valence electrons. The van der Waals surface area contributed by atoms with E-state index in [9.17, 15) is 33.6 Å². The van der Waals surface area contributed by atoms with Gasteiger partial charge in [-0.05, 0) is 36.4 Å². The maximum Gasteiger partial charge on any atom is 0.313 e. The SMILES string of the molecule is CC(=O)N1c2ccccc2N(CC(=O)N[C@H](C=O)CC(=O)O)C(=O)C[C@H]1NC(=O)C(=O)Nc1ccc(Cl)cc1. The van der Waals surface area contributed by atoms with E-state index in [-0.39, 0.29) is 17.7 Å². The summed E-state index contributed by atoms with van der Waals surface area (Å²) in [5.74, 6) is -5.56. The summed E-state index contributed by atoms with van der Waals surface area (Å²) < 4.78 is 0. The van der Waals surface area contributed by atoms with E-state index in [0.717, 1.165) is 9.80 Å². The average molecular weight is 558 g/mol. The van der Waals surface area contributed by atoms with Crippen molar-refractivity contribution in [3.8, 4) is 0 Å². The van der Waals surface area contributed by atoms with Crippen LogP contribution in [-0.4, -0.2) is 65.7 Å². The summed E-state index contributed by atoms with van der Waals surface area (Å²) >= 11 is 5.82. The largest absolute Gasteiger partial charge is 0.481 e. The second kappa shape index (κ2) is 12.6. The Morgan fingerprint density at radius 2 is 1.69 bits per heavy atom. The zero-order chi connectivity index (χ0) is 28.7. The Hall–Kier alpha value is -4.78. The molecule has 39 heavy (non-hydrogen) atoms. The van der Waals surface area contributed by atoms with Crippen molar-refractivity contribution in [3.05, 3.63) is 53.6 Å². The minimum absolute atomic E-state index is 0.149. The molecule has 0 radical (unpaired) electrons. The Morgan fingerprint density at radius 1 is 1.05 bits per heavy atom. The van der Waals surface area contributed by atoms with E-state index < -0.39 is 67.1 Å². The van der Waals surface area contributed by atoms with Crippen LogP contribution in [0.3, 0.4) is 0 Å². The van der Waals surface area contributed by atoms with Crippen molar-refractivity contribution in [1.29, 1.82) is 0 Å². The highest BCUT2D eigenvalue weighted by molar-refractivity contribution is 6.40. The molecule has 0 saturated carbocycles. The predicted octanol–water partition coefficient (Wildman–Crippen LogP) is 0.669. The fourth-order valence-corrected chi connectivity index (χ4v) is 4.02. The number of carbonyl (C=O) groups excluding carboxylic acids is 6. The number of amides is 5. The van der Waals surface area contributed by atoms with Crippen molar-refractivity contribution < 1.29 is 38.7 Å². The summed E-state index contributed by atoms with van der Waals surface area (Å²) in [6.45, 7) is 0.598. The number of aliphatic carboxylic acids is 1. The van der Waals surface area contributed by atoms with Gasteiger partial charge in [0.25, 0.3) is 0 Å². The van der Waals surface area contributed by atoms with Crippen LogP contribution in [0.1, 0.15) is 19.8 Å². The van der Waals surface area contributed by atoms with Gasteiger partial charge >= 0.3 is 17.8 Å². The molecule has 0 bridgehead atoms. The van der Waals surface area contributed by atoms with Crippen LogP contribution in [0, 0.1) is 0 Å². The number of hydrogen-bond acceptors (Lipinski definition) is 7. The highest BCUT2D eigenvalue weighted by atomic mass is 35.5. The predicted molar refractivity (Wildman–Crippen MR) is 139 cm³/mol. The van der Waals surface area contributed by atoms with Gasteiger partial charge in [-0.25, -0.2) is 0 Å². The number of anilines is 3. The zero-order valence-corrected chi connectivity index (χ0v) is 21.3. The molecule has 0 fully saturated rings. The summed E-state index contributed by atoms with van der Waals surface area (Å²) in [7, 11) is 0. The third-order valence-electron chi connectivity index (χ3n) is 5.56. The van der Waals surface area contributed by atoms with Crippen LogP contribution >= 0.6 is 11.6 Å². The molecule has 0 aromatic heterocycles. The fourth-order valence-electron chi connectivity index (χ4n) is 3.90. The standard InChI is InChI=1S/C25H24ClN5O8/c1-14(33)31-19-5-3-2-4-18(19)30(12-21(34)27-17(13-32)10-23(36)37)22(35)11-20(31)29-25(39)24(38)28-16-8-6-15(26)7-9-16/h2-9,13,17,20H,10-12H2,1H3,(H,27,34)(H,28,38)(H,29,39)(H,36,37)/t17-,20-/m0/s1. The van der Waals surface area contributed by atoms with E-state index in [4.69, 9.17) is 16.7 Å². The van der Waals surface area contributed by atoms with Crippen LogP contribution < -0.4 is 25.8 Å². The van der Waals surface area contributed by atoms with Crippen molar-refractivity contribution >= 4 is 70.5 Å². The lowest BCUT2D eigenvalue weighted by Crippen LogP contribution is -2.53. The summed E-state index contributed by atoms with van der Waals surface area (Å²) in [5, 5.41) is 16.3. The minimum Gasteiger partial charge on any atom is -0.481 e. The molecular formula is C25H24ClN5O8. The monoisotopic (exact) mass is 557 g/mol. The van der Waals surface area contributed by atoms with E-state index in [0.29, 0.717) is 10.7 Å². The number of carboxylic acids is 1. The quantitative estimate of drug-likeness (QED) is 0.270. The summed E-state index contributed by atoms with van der Waals surface area (Å²) in [6, 6.07) is 10.8. The minimum atomic E-state index is -1.31. The first-order valence-corrected chi connectivity index (χ1v) is 11.9. The van der Waals surface area contributed by atoms with Crippen molar-refractivity contribution in [2.24, 2.45) is 0 Å². The van der Waals surface area contributed by atoms with Crippen molar-refractivity contribution in [2.75, 3.05) is 21.7 Å². The van der Waals surface area contributed by atoms with Gasteiger partial charge in [0.2, 0.25) is 17.7 Å². The third kappa shape index (κ3) is 7.38. The van der Waals surface area contributed by atoms with Crippen molar-refractivity contribution in [1.82, 2.24) is 10.6 Å². The molecule has 14 heteroatoms. The molecule has 0 spiro atoms. The molecule has 2 atom stereocenters. The first kappa shape index (κ1) is 28.8. The van der Waals surface area contributed by atoms with Gasteiger partial charge in [-0.1, -0.05) is 23.7 Å². The number of aldehydes is 1. The van der Waals surface area contributed by atoms with Crippen molar-refractivity contribution in [2.45, 2.75) is 32.0 Å². The van der Waals surface area contributed by atoms with Gasteiger partial charge in [-0.2, -0.15) is 0 Å². The lowest BCUT2D eigenvalue weighted by molar-refractivity contribution is -0.139. The van der Waals surface area contributed by atoms with Gasteiger partial charge in [0, 0.05) is 17.6 Å². The summed E-state index contributed by atoms with van der Waals surface area (Å²) in [4.78, 5) is 88.0. The van der Waals surface area contributed by atoms with Gasteiger partial charge in [-0.15, -0.1) is 0 Å². The second-order valence-corrected chi connectivity index (χ2v) is 8.86. The average Bonchev–Trinajstić information content (AvgIpc) is 2.98. The summed E-state index contributed by atoms with van der Waals surface area (Å²) in [5.41, 5.74) is 0.611. The zero-order valence-electron chi connectivity index (χ0n) is 20.5. The lowest BCUT2D eigenvalue weighted by Gasteiger charge is -2.29. The molecule has 0 saturated heterocycles. The van der Waals surface area contributed by atoms with Crippen LogP contribution in [0.25, 0.3) is 0 Å². The van der Waals surface area contributed by atoms with Gasteiger partial charge in [0.15, 0.2) is 0 Å². The maximum absolute atomic E-state index is 13.3. The second-order valence-electron chi connectivity index (χ2n) is 8.42. The first-order valence-electron chi connectivity index (χ1n) is 11.5. The Morgan fingerprint density at radius 3 is 2.28 bits per heavy atom. The number of nitrogens with one attached hydrogen (secondary N) is 3. The van der Waals surface area contributed by atoms with Gasteiger partial charge < -0.3 is 30.8 Å². The fraction of sp³-hybridized carbons (Fsp3) is 0.240.